The van der Waals surface area contributed by atoms with E-state index in [0.29, 0.717) is 18.5 Å². The van der Waals surface area contributed by atoms with Gasteiger partial charge in [-0.05, 0) is 24.5 Å². The number of nitrogens with zero attached hydrogens (tertiary/aromatic N) is 3. The van der Waals surface area contributed by atoms with E-state index in [1.54, 1.807) is 0 Å². The van der Waals surface area contributed by atoms with Gasteiger partial charge in [0, 0.05) is 43.8 Å². The summed E-state index contributed by atoms with van der Waals surface area (Å²) >= 11 is 0. The number of aliphatic imine (C=N–C) groups is 1. The van der Waals surface area contributed by atoms with E-state index < -0.39 is 0 Å². The summed E-state index contributed by atoms with van der Waals surface area (Å²) < 4.78 is 5.51. The highest BCUT2D eigenvalue weighted by Gasteiger charge is 2.23. The lowest BCUT2D eigenvalue weighted by Gasteiger charge is -2.37. The summed E-state index contributed by atoms with van der Waals surface area (Å²) in [6.45, 7) is 12.6. The molecule has 28 heavy (non-hydrogen) atoms. The number of hydrogen-bond acceptors (Lipinski definition) is 4. The lowest BCUT2D eigenvalue weighted by Crippen LogP contribution is -2.52. The van der Waals surface area contributed by atoms with Gasteiger partial charge in [0.2, 0.25) is 0 Å². The minimum Gasteiger partial charge on any atom is -0.379 e. The van der Waals surface area contributed by atoms with Crippen molar-refractivity contribution < 1.29 is 4.74 Å². The van der Waals surface area contributed by atoms with Crippen LogP contribution < -0.4 is 10.6 Å². The maximum atomic E-state index is 5.51. The number of nitrogens with one attached hydrogen (secondary N) is 2. The summed E-state index contributed by atoms with van der Waals surface area (Å²) in [5, 5.41) is 8.08. The zero-order valence-corrected chi connectivity index (χ0v) is 17.3. The molecular weight excluding hydrogens is 350 g/mol. The lowest BCUT2D eigenvalue weighted by molar-refractivity contribution is 0.00752. The number of pyridine rings is 1. The average Bonchev–Trinajstić information content (AvgIpc) is 2.72. The summed E-state index contributed by atoms with van der Waals surface area (Å²) in [6.07, 6.45) is 1.84. The molecule has 1 atom stereocenters. The van der Waals surface area contributed by atoms with E-state index in [-0.39, 0.29) is 0 Å². The number of morpholine rings is 1. The maximum Gasteiger partial charge on any atom is 0.191 e. The van der Waals surface area contributed by atoms with Gasteiger partial charge >= 0.3 is 0 Å². The average molecular weight is 384 g/mol. The van der Waals surface area contributed by atoms with E-state index in [4.69, 9.17) is 9.73 Å². The van der Waals surface area contributed by atoms with Gasteiger partial charge in [0.05, 0.1) is 25.3 Å². The molecule has 0 saturated carbocycles. The topological polar surface area (TPSA) is 61.8 Å². The molecule has 1 aromatic heterocycles. The summed E-state index contributed by atoms with van der Waals surface area (Å²) in [7, 11) is 0. The largest absolute Gasteiger partial charge is 0.379 e. The van der Waals surface area contributed by atoms with Crippen molar-refractivity contribution in [2.24, 2.45) is 10.9 Å². The molecule has 0 amide bonds. The van der Waals surface area contributed by atoms with Gasteiger partial charge in [-0.3, -0.25) is 9.88 Å². The molecule has 1 aromatic carbocycles. The van der Waals surface area contributed by atoms with Gasteiger partial charge in [-0.15, -0.1) is 0 Å². The van der Waals surface area contributed by atoms with Crippen molar-refractivity contribution in [3.8, 4) is 0 Å². The molecule has 0 aliphatic carbocycles. The molecule has 3 rings (SSSR count). The first-order valence-corrected chi connectivity index (χ1v) is 10.4. The summed E-state index contributed by atoms with van der Waals surface area (Å²) in [6, 6.07) is 10.8. The summed E-state index contributed by atoms with van der Waals surface area (Å²) in [4.78, 5) is 11.9. The third-order valence-electron chi connectivity index (χ3n) is 5.23. The van der Waals surface area contributed by atoms with Crippen molar-refractivity contribution >= 4 is 16.9 Å². The van der Waals surface area contributed by atoms with Crippen LogP contribution in [0.1, 0.15) is 26.3 Å². The minimum atomic E-state index is 0.465. The van der Waals surface area contributed by atoms with Crippen molar-refractivity contribution in [3.63, 3.8) is 0 Å². The molecule has 1 unspecified atom stereocenters. The Morgan fingerprint density at radius 1 is 1.18 bits per heavy atom. The molecule has 2 heterocycles. The van der Waals surface area contributed by atoms with Gasteiger partial charge in [-0.1, -0.05) is 38.1 Å². The van der Waals surface area contributed by atoms with Gasteiger partial charge in [0.25, 0.3) is 0 Å². The highest BCUT2D eigenvalue weighted by atomic mass is 16.5. The van der Waals surface area contributed by atoms with Crippen LogP contribution in [0.25, 0.3) is 10.9 Å². The van der Waals surface area contributed by atoms with Crippen molar-refractivity contribution in [2.45, 2.75) is 33.4 Å². The number of ether oxygens (including phenoxy) is 1. The number of fused-ring (bicyclic) bond motifs is 1. The van der Waals surface area contributed by atoms with Crippen molar-refractivity contribution in [1.29, 1.82) is 0 Å². The van der Waals surface area contributed by atoms with Gasteiger partial charge in [0.1, 0.15) is 0 Å². The van der Waals surface area contributed by atoms with E-state index in [1.165, 1.54) is 0 Å². The zero-order valence-electron chi connectivity index (χ0n) is 17.3. The minimum absolute atomic E-state index is 0.465. The molecule has 2 aromatic rings. The van der Waals surface area contributed by atoms with Gasteiger partial charge in [0.15, 0.2) is 5.96 Å². The highest BCUT2D eigenvalue weighted by molar-refractivity contribution is 5.83. The third kappa shape index (κ3) is 5.42. The Kier molecular flexibility index (Phi) is 7.62. The van der Waals surface area contributed by atoms with E-state index >= 15 is 0 Å². The Labute approximate surface area is 168 Å². The second kappa shape index (κ2) is 10.4. The molecule has 1 aliphatic heterocycles. The molecular formula is C22H33N5O. The smallest absolute Gasteiger partial charge is 0.191 e. The molecule has 0 spiro atoms. The third-order valence-corrected chi connectivity index (χ3v) is 5.23. The second-order valence-corrected chi connectivity index (χ2v) is 7.53. The van der Waals surface area contributed by atoms with Gasteiger partial charge in [-0.2, -0.15) is 0 Å². The Bertz CT molecular complexity index is 765. The fourth-order valence-corrected chi connectivity index (χ4v) is 3.70. The fraction of sp³-hybridized carbons (Fsp3) is 0.545. The standard InChI is InChI=1S/C22H33N5O/c1-4-23-22(26-16-20(17(2)3)27-11-13-28-14-12-27)25-15-19-8-5-7-18-9-6-10-24-21(18)19/h5-10,17,20H,4,11-16H2,1-3H3,(H2,23,25,26). The molecule has 6 nitrogen and oxygen atoms in total. The first kappa shape index (κ1) is 20.6. The Hall–Kier alpha value is -2.18. The maximum absolute atomic E-state index is 5.51. The Morgan fingerprint density at radius 3 is 2.71 bits per heavy atom. The second-order valence-electron chi connectivity index (χ2n) is 7.53. The van der Waals surface area contributed by atoms with Crippen LogP contribution in [0.5, 0.6) is 0 Å². The van der Waals surface area contributed by atoms with Crippen molar-refractivity contribution in [1.82, 2.24) is 20.5 Å². The lowest BCUT2D eigenvalue weighted by atomic mass is 10.0. The summed E-state index contributed by atoms with van der Waals surface area (Å²) in [5.74, 6) is 1.42. The van der Waals surface area contributed by atoms with E-state index in [2.05, 4.69) is 65.6 Å². The molecule has 1 saturated heterocycles. The van der Waals surface area contributed by atoms with Crippen LogP contribution in [-0.2, 0) is 11.3 Å². The predicted molar refractivity (Wildman–Crippen MR) is 116 cm³/mol. The molecule has 6 heteroatoms. The predicted octanol–water partition coefficient (Wildman–Crippen LogP) is 2.65. The first-order valence-electron chi connectivity index (χ1n) is 10.4. The van der Waals surface area contributed by atoms with E-state index in [9.17, 15) is 0 Å². The van der Waals surface area contributed by atoms with Crippen LogP contribution >= 0.6 is 0 Å². The highest BCUT2D eigenvalue weighted by Crippen LogP contribution is 2.16. The quantitative estimate of drug-likeness (QED) is 0.569. The number of guanidine groups is 1. The monoisotopic (exact) mass is 383 g/mol. The molecule has 2 N–H and O–H groups in total. The molecule has 1 aliphatic rings. The van der Waals surface area contributed by atoms with Crippen LogP contribution in [-0.4, -0.2) is 61.3 Å². The van der Waals surface area contributed by atoms with Gasteiger partial charge in [-0.25, -0.2) is 4.99 Å². The number of para-hydroxylation sites is 1. The molecule has 0 bridgehead atoms. The van der Waals surface area contributed by atoms with Crippen LogP contribution in [0.2, 0.25) is 0 Å². The zero-order chi connectivity index (χ0) is 19.8. The summed E-state index contributed by atoms with van der Waals surface area (Å²) in [5.41, 5.74) is 2.17. The van der Waals surface area contributed by atoms with Crippen molar-refractivity contribution in [2.75, 3.05) is 39.4 Å². The van der Waals surface area contributed by atoms with Crippen molar-refractivity contribution in [3.05, 3.63) is 42.1 Å². The first-order chi connectivity index (χ1) is 13.7. The normalized spacial score (nSPS) is 17.1. The number of rotatable bonds is 7. The van der Waals surface area contributed by atoms with Gasteiger partial charge < -0.3 is 15.4 Å². The van der Waals surface area contributed by atoms with Crippen LogP contribution in [0, 0.1) is 5.92 Å². The number of benzene rings is 1. The van der Waals surface area contributed by atoms with Crippen LogP contribution in [0.4, 0.5) is 0 Å². The Balaban J connectivity index is 1.67. The molecule has 152 valence electrons. The SMILES string of the molecule is CCNC(=NCc1cccc2cccnc12)NCC(C(C)C)N1CCOCC1. The van der Waals surface area contributed by atoms with E-state index in [1.807, 2.05) is 12.3 Å². The molecule has 0 radical (unpaired) electrons. The number of aromatic nitrogens is 1. The van der Waals surface area contributed by atoms with E-state index in [0.717, 1.165) is 61.8 Å². The molecule has 1 fully saturated rings. The van der Waals surface area contributed by atoms with Crippen LogP contribution in [0.15, 0.2) is 41.5 Å². The number of hydrogen-bond donors (Lipinski definition) is 2. The Morgan fingerprint density at radius 2 is 1.96 bits per heavy atom. The fourth-order valence-electron chi connectivity index (χ4n) is 3.70. The van der Waals surface area contributed by atoms with Crippen LogP contribution in [0.3, 0.4) is 0 Å².